The lowest BCUT2D eigenvalue weighted by Crippen LogP contribution is -2.32. The first-order valence-corrected chi connectivity index (χ1v) is 7.04. The summed E-state index contributed by atoms with van der Waals surface area (Å²) in [5.74, 6) is -1.50. The van der Waals surface area contributed by atoms with Crippen molar-refractivity contribution in [3.63, 3.8) is 0 Å². The Labute approximate surface area is 120 Å². The van der Waals surface area contributed by atoms with Crippen molar-refractivity contribution >= 4 is 11.8 Å². The highest BCUT2D eigenvalue weighted by Crippen LogP contribution is 2.14. The summed E-state index contributed by atoms with van der Waals surface area (Å²) >= 11 is 0. The van der Waals surface area contributed by atoms with Gasteiger partial charge < -0.3 is 10.0 Å². The number of hydrogen-bond donors (Lipinski definition) is 1. The van der Waals surface area contributed by atoms with Gasteiger partial charge in [-0.15, -0.1) is 0 Å². The molecule has 0 fully saturated rings. The van der Waals surface area contributed by atoms with Crippen molar-refractivity contribution in [2.24, 2.45) is 5.92 Å². The SMILES string of the molecule is CCCCN(C)CC(CC(=O)O)C(=O)c1ccccc1. The zero-order chi connectivity index (χ0) is 15.0. The van der Waals surface area contributed by atoms with E-state index in [2.05, 4.69) is 6.92 Å². The number of unbranched alkanes of at least 4 members (excludes halogenated alkanes) is 1. The van der Waals surface area contributed by atoms with Gasteiger partial charge in [-0.2, -0.15) is 0 Å². The van der Waals surface area contributed by atoms with Crippen LogP contribution in [-0.2, 0) is 4.79 Å². The maximum absolute atomic E-state index is 12.4. The summed E-state index contributed by atoms with van der Waals surface area (Å²) in [7, 11) is 1.93. The second-order valence-corrected chi connectivity index (χ2v) is 5.14. The normalized spacial score (nSPS) is 12.3. The predicted octanol–water partition coefficient (Wildman–Crippen LogP) is 2.69. The summed E-state index contributed by atoms with van der Waals surface area (Å²) in [4.78, 5) is 25.4. The highest BCUT2D eigenvalue weighted by Gasteiger charge is 2.24. The van der Waals surface area contributed by atoms with E-state index in [1.54, 1.807) is 24.3 Å². The van der Waals surface area contributed by atoms with Gasteiger partial charge in [-0.3, -0.25) is 9.59 Å². The minimum Gasteiger partial charge on any atom is -0.481 e. The second-order valence-electron chi connectivity index (χ2n) is 5.14. The molecule has 0 aliphatic heterocycles. The number of aliphatic carboxylic acids is 1. The molecule has 0 aliphatic rings. The van der Waals surface area contributed by atoms with Crippen molar-refractivity contribution in [3.8, 4) is 0 Å². The minimum absolute atomic E-state index is 0.0867. The first-order chi connectivity index (χ1) is 9.54. The molecule has 0 radical (unpaired) electrons. The van der Waals surface area contributed by atoms with Gasteiger partial charge in [-0.25, -0.2) is 0 Å². The number of carboxylic acid groups (broad SMARTS) is 1. The van der Waals surface area contributed by atoms with Crippen molar-refractivity contribution in [2.75, 3.05) is 20.1 Å². The maximum Gasteiger partial charge on any atom is 0.304 e. The average Bonchev–Trinajstić information content (AvgIpc) is 2.44. The van der Waals surface area contributed by atoms with Crippen LogP contribution in [0.5, 0.6) is 0 Å². The molecular weight excluding hydrogens is 254 g/mol. The quantitative estimate of drug-likeness (QED) is 0.705. The minimum atomic E-state index is -0.928. The standard InChI is InChI=1S/C16H23NO3/c1-3-4-10-17(2)12-14(11-15(18)19)16(20)13-8-6-5-7-9-13/h5-9,14H,3-4,10-12H2,1-2H3,(H,18,19). The molecule has 0 bridgehead atoms. The van der Waals surface area contributed by atoms with Crippen molar-refractivity contribution in [1.29, 1.82) is 0 Å². The Bertz CT molecular complexity index is 431. The van der Waals surface area contributed by atoms with Crippen LogP contribution in [0.3, 0.4) is 0 Å². The van der Waals surface area contributed by atoms with Crippen LogP contribution in [-0.4, -0.2) is 41.9 Å². The molecule has 1 aromatic rings. The Hall–Kier alpha value is -1.68. The van der Waals surface area contributed by atoms with Crippen LogP contribution in [0.15, 0.2) is 30.3 Å². The zero-order valence-electron chi connectivity index (χ0n) is 12.2. The lowest BCUT2D eigenvalue weighted by Gasteiger charge is -2.22. The van der Waals surface area contributed by atoms with Gasteiger partial charge >= 0.3 is 5.97 Å². The maximum atomic E-state index is 12.4. The van der Waals surface area contributed by atoms with Gasteiger partial charge in [0.15, 0.2) is 5.78 Å². The van der Waals surface area contributed by atoms with Crippen molar-refractivity contribution in [3.05, 3.63) is 35.9 Å². The summed E-state index contributed by atoms with van der Waals surface area (Å²) in [5, 5.41) is 9.00. The fourth-order valence-corrected chi connectivity index (χ4v) is 2.18. The summed E-state index contributed by atoms with van der Waals surface area (Å²) in [5.41, 5.74) is 0.586. The van der Waals surface area contributed by atoms with E-state index < -0.39 is 11.9 Å². The summed E-state index contributed by atoms with van der Waals surface area (Å²) in [6.07, 6.45) is 2.01. The molecule has 4 nitrogen and oxygen atoms in total. The molecule has 1 rings (SSSR count). The number of nitrogens with zero attached hydrogens (tertiary/aromatic N) is 1. The number of benzene rings is 1. The number of carbonyl (C=O) groups excluding carboxylic acids is 1. The van der Waals surface area contributed by atoms with E-state index in [9.17, 15) is 9.59 Å². The molecule has 1 aromatic carbocycles. The molecule has 0 aliphatic carbocycles. The van der Waals surface area contributed by atoms with E-state index in [0.29, 0.717) is 12.1 Å². The Morgan fingerprint density at radius 1 is 1.25 bits per heavy atom. The van der Waals surface area contributed by atoms with Crippen molar-refractivity contribution in [1.82, 2.24) is 4.90 Å². The van der Waals surface area contributed by atoms with E-state index in [4.69, 9.17) is 5.11 Å². The van der Waals surface area contributed by atoms with E-state index in [0.717, 1.165) is 19.4 Å². The van der Waals surface area contributed by atoms with Gasteiger partial charge in [0.1, 0.15) is 0 Å². The van der Waals surface area contributed by atoms with Crippen molar-refractivity contribution in [2.45, 2.75) is 26.2 Å². The van der Waals surface area contributed by atoms with E-state index in [1.165, 1.54) is 0 Å². The number of hydrogen-bond acceptors (Lipinski definition) is 3. The topological polar surface area (TPSA) is 57.6 Å². The molecule has 4 heteroatoms. The van der Waals surface area contributed by atoms with Crippen LogP contribution in [0.25, 0.3) is 0 Å². The van der Waals surface area contributed by atoms with E-state index in [-0.39, 0.29) is 12.2 Å². The molecular formula is C16H23NO3. The molecule has 110 valence electrons. The summed E-state index contributed by atoms with van der Waals surface area (Å²) < 4.78 is 0. The largest absolute Gasteiger partial charge is 0.481 e. The molecule has 0 saturated carbocycles. The zero-order valence-corrected chi connectivity index (χ0v) is 12.2. The van der Waals surface area contributed by atoms with Crippen LogP contribution >= 0.6 is 0 Å². The molecule has 1 atom stereocenters. The lowest BCUT2D eigenvalue weighted by atomic mass is 9.94. The smallest absolute Gasteiger partial charge is 0.304 e. The number of Topliss-reactive ketones (excluding diaryl/α,β-unsaturated/α-hetero) is 1. The monoisotopic (exact) mass is 277 g/mol. The predicted molar refractivity (Wildman–Crippen MR) is 78.9 cm³/mol. The van der Waals surface area contributed by atoms with Crippen LogP contribution in [0.2, 0.25) is 0 Å². The first-order valence-electron chi connectivity index (χ1n) is 7.04. The molecule has 0 saturated heterocycles. The highest BCUT2D eigenvalue weighted by atomic mass is 16.4. The first kappa shape index (κ1) is 16.4. The van der Waals surface area contributed by atoms with Crippen LogP contribution < -0.4 is 0 Å². The molecule has 1 N–H and O–H groups in total. The lowest BCUT2D eigenvalue weighted by molar-refractivity contribution is -0.137. The Balaban J connectivity index is 2.73. The van der Waals surface area contributed by atoms with Gasteiger partial charge in [0.2, 0.25) is 0 Å². The van der Waals surface area contributed by atoms with Gasteiger partial charge in [0.05, 0.1) is 6.42 Å². The van der Waals surface area contributed by atoms with Gasteiger partial charge in [-0.05, 0) is 20.0 Å². The van der Waals surface area contributed by atoms with E-state index >= 15 is 0 Å². The van der Waals surface area contributed by atoms with E-state index in [1.807, 2.05) is 18.0 Å². The number of ketones is 1. The molecule has 0 amide bonds. The Morgan fingerprint density at radius 3 is 2.45 bits per heavy atom. The fraction of sp³-hybridized carbons (Fsp3) is 0.500. The Morgan fingerprint density at radius 2 is 1.90 bits per heavy atom. The van der Waals surface area contributed by atoms with Crippen molar-refractivity contribution < 1.29 is 14.7 Å². The highest BCUT2D eigenvalue weighted by molar-refractivity contribution is 5.99. The Kier molecular flexibility index (Phi) is 6.94. The van der Waals surface area contributed by atoms with Gasteiger partial charge in [0, 0.05) is 18.0 Å². The fourth-order valence-electron chi connectivity index (χ4n) is 2.18. The van der Waals surface area contributed by atoms with Crippen LogP contribution in [0.4, 0.5) is 0 Å². The van der Waals surface area contributed by atoms with Crippen LogP contribution in [0, 0.1) is 5.92 Å². The third kappa shape index (κ3) is 5.53. The van der Waals surface area contributed by atoms with Gasteiger partial charge in [-0.1, -0.05) is 43.7 Å². The van der Waals surface area contributed by atoms with Gasteiger partial charge in [0.25, 0.3) is 0 Å². The second kappa shape index (κ2) is 8.48. The summed E-state index contributed by atoms with van der Waals surface area (Å²) in [6, 6.07) is 8.92. The third-order valence-electron chi connectivity index (χ3n) is 3.28. The third-order valence-corrected chi connectivity index (χ3v) is 3.28. The molecule has 0 spiro atoms. The number of carboxylic acids is 1. The average molecular weight is 277 g/mol. The molecule has 0 heterocycles. The number of carbonyl (C=O) groups is 2. The summed E-state index contributed by atoms with van der Waals surface area (Å²) in [6.45, 7) is 3.48. The molecule has 1 unspecified atom stereocenters. The van der Waals surface area contributed by atoms with Crippen LogP contribution in [0.1, 0.15) is 36.5 Å². The molecule has 20 heavy (non-hydrogen) atoms. The number of rotatable bonds is 9. The molecule has 0 aromatic heterocycles.